The molecule has 0 heterocycles. The number of fused-ring (bicyclic) bond motifs is 1. The van der Waals surface area contributed by atoms with Gasteiger partial charge in [0.05, 0.1) is 12.4 Å². The second-order valence-electron chi connectivity index (χ2n) is 7.01. The molecule has 1 aromatic carbocycles. The fourth-order valence-electron chi connectivity index (χ4n) is 3.54. The van der Waals surface area contributed by atoms with Crippen LogP contribution in [-0.2, 0) is 17.6 Å². The van der Waals surface area contributed by atoms with E-state index in [-0.39, 0.29) is 18.6 Å². The number of rotatable bonds is 4. The molecule has 0 unspecified atom stereocenters. The minimum absolute atomic E-state index is 0.0763. The first-order chi connectivity index (χ1) is 10.9. The fourth-order valence-corrected chi connectivity index (χ4v) is 3.73. The van der Waals surface area contributed by atoms with E-state index >= 15 is 0 Å². The van der Waals surface area contributed by atoms with Crippen LogP contribution in [-0.4, -0.2) is 29.5 Å². The number of ether oxygens (including phenoxy) is 1. The molecule has 3 rings (SSSR count). The molecule has 2 aliphatic carbocycles. The monoisotopic (exact) mass is 334 g/mol. The predicted molar refractivity (Wildman–Crippen MR) is 91.4 cm³/mol. The topological polar surface area (TPSA) is 49.7 Å². The summed E-state index contributed by atoms with van der Waals surface area (Å²) in [5.74, 6) is 0.888. The normalized spacial score (nSPS) is 20.5. The summed E-state index contributed by atoms with van der Waals surface area (Å²) in [6, 6.07) is 6.14. The van der Waals surface area contributed by atoms with Crippen LogP contribution in [0, 0.1) is 5.41 Å². The second-order valence-corrected chi connectivity index (χ2v) is 7.44. The standard InChI is InChI=1S/C19H23ClO3/c1-19(2)9-17(23-11-16(22)10-21)7-14-5-12-3-4-15(20)6-13(12)8-18(14)19/h3-4,6,9,16,21-22H,5,7-8,10-11H2,1-2H3/t16-/m1/s1. The molecule has 0 aromatic heterocycles. The third kappa shape index (κ3) is 3.47. The minimum Gasteiger partial charge on any atom is -0.495 e. The molecule has 0 spiro atoms. The van der Waals surface area contributed by atoms with E-state index in [0.717, 1.165) is 30.0 Å². The molecule has 124 valence electrons. The summed E-state index contributed by atoms with van der Waals surface area (Å²) >= 11 is 6.14. The zero-order chi connectivity index (χ0) is 16.6. The highest BCUT2D eigenvalue weighted by Gasteiger charge is 2.33. The molecule has 0 saturated heterocycles. The maximum atomic E-state index is 9.48. The smallest absolute Gasteiger partial charge is 0.116 e. The summed E-state index contributed by atoms with van der Waals surface area (Å²) in [5.41, 5.74) is 5.43. The van der Waals surface area contributed by atoms with E-state index in [2.05, 4.69) is 32.1 Å². The van der Waals surface area contributed by atoms with E-state index in [1.54, 1.807) is 0 Å². The van der Waals surface area contributed by atoms with E-state index in [4.69, 9.17) is 21.4 Å². The Bertz CT molecular complexity index is 673. The van der Waals surface area contributed by atoms with Crippen molar-refractivity contribution in [1.82, 2.24) is 0 Å². The van der Waals surface area contributed by atoms with E-state index in [1.807, 2.05) is 6.07 Å². The van der Waals surface area contributed by atoms with Crippen molar-refractivity contribution in [1.29, 1.82) is 0 Å². The average molecular weight is 335 g/mol. The van der Waals surface area contributed by atoms with Gasteiger partial charge in [0.25, 0.3) is 0 Å². The Morgan fingerprint density at radius 1 is 1.22 bits per heavy atom. The van der Waals surface area contributed by atoms with Crippen molar-refractivity contribution in [2.75, 3.05) is 13.2 Å². The SMILES string of the molecule is CC1(C)C=C(OC[C@H](O)CO)CC2=C1Cc1cc(Cl)ccc1C2. The highest BCUT2D eigenvalue weighted by molar-refractivity contribution is 6.30. The number of hydrogen-bond donors (Lipinski definition) is 2. The Labute approximate surface area is 142 Å². The molecule has 0 amide bonds. The molecule has 0 aliphatic heterocycles. The van der Waals surface area contributed by atoms with Crippen molar-refractivity contribution < 1.29 is 14.9 Å². The lowest BCUT2D eigenvalue weighted by atomic mass is 9.69. The first-order valence-electron chi connectivity index (χ1n) is 8.01. The molecule has 0 bridgehead atoms. The molecule has 0 fully saturated rings. The predicted octanol–water partition coefficient (Wildman–Crippen LogP) is 3.42. The highest BCUT2D eigenvalue weighted by Crippen LogP contribution is 2.44. The van der Waals surface area contributed by atoms with Crippen LogP contribution < -0.4 is 0 Å². The Balaban J connectivity index is 1.81. The lowest BCUT2D eigenvalue weighted by Crippen LogP contribution is -2.27. The summed E-state index contributed by atoms with van der Waals surface area (Å²) < 4.78 is 5.72. The zero-order valence-electron chi connectivity index (χ0n) is 13.6. The van der Waals surface area contributed by atoms with Gasteiger partial charge in [-0.2, -0.15) is 0 Å². The molecular formula is C19H23ClO3. The number of allylic oxidation sites excluding steroid dienone is 3. The van der Waals surface area contributed by atoms with Crippen LogP contribution in [0.4, 0.5) is 0 Å². The first-order valence-corrected chi connectivity index (χ1v) is 8.39. The van der Waals surface area contributed by atoms with Gasteiger partial charge in [0.1, 0.15) is 12.7 Å². The molecule has 0 saturated carbocycles. The summed E-state index contributed by atoms with van der Waals surface area (Å²) in [6.07, 6.45) is 3.95. The Morgan fingerprint density at radius 3 is 2.74 bits per heavy atom. The summed E-state index contributed by atoms with van der Waals surface area (Å²) in [6.45, 7) is 4.25. The average Bonchev–Trinajstić information content (AvgIpc) is 2.50. The quantitative estimate of drug-likeness (QED) is 0.829. The third-order valence-corrected chi connectivity index (χ3v) is 4.96. The van der Waals surface area contributed by atoms with Crippen molar-refractivity contribution >= 4 is 11.6 Å². The molecule has 1 atom stereocenters. The summed E-state index contributed by atoms with van der Waals surface area (Å²) in [7, 11) is 0. The van der Waals surface area contributed by atoms with Gasteiger partial charge in [-0.15, -0.1) is 0 Å². The molecule has 1 aromatic rings. The van der Waals surface area contributed by atoms with Crippen LogP contribution in [0.5, 0.6) is 0 Å². The number of benzene rings is 1. The summed E-state index contributed by atoms with van der Waals surface area (Å²) in [4.78, 5) is 0. The van der Waals surface area contributed by atoms with Gasteiger partial charge < -0.3 is 14.9 Å². The van der Waals surface area contributed by atoms with Crippen molar-refractivity contribution in [3.05, 3.63) is 57.3 Å². The van der Waals surface area contributed by atoms with Gasteiger partial charge in [0.2, 0.25) is 0 Å². The first kappa shape index (κ1) is 16.6. The fraction of sp³-hybridized carbons (Fsp3) is 0.474. The van der Waals surface area contributed by atoms with Crippen molar-refractivity contribution in [2.24, 2.45) is 5.41 Å². The van der Waals surface area contributed by atoms with E-state index in [0.29, 0.717) is 0 Å². The van der Waals surface area contributed by atoms with Gasteiger partial charge >= 0.3 is 0 Å². The molecule has 3 nitrogen and oxygen atoms in total. The lowest BCUT2D eigenvalue weighted by molar-refractivity contribution is 0.0278. The minimum atomic E-state index is -0.830. The number of halogens is 1. The largest absolute Gasteiger partial charge is 0.495 e. The lowest BCUT2D eigenvalue weighted by Gasteiger charge is -2.37. The van der Waals surface area contributed by atoms with Crippen molar-refractivity contribution in [3.63, 3.8) is 0 Å². The van der Waals surface area contributed by atoms with Gasteiger partial charge in [-0.05, 0) is 42.2 Å². The maximum absolute atomic E-state index is 9.48. The van der Waals surface area contributed by atoms with Gasteiger partial charge in [-0.1, -0.05) is 42.7 Å². The molecule has 4 heteroatoms. The number of aliphatic hydroxyl groups excluding tert-OH is 2. The van der Waals surface area contributed by atoms with E-state index in [1.165, 1.54) is 22.3 Å². The molecule has 23 heavy (non-hydrogen) atoms. The van der Waals surface area contributed by atoms with Crippen LogP contribution in [0.3, 0.4) is 0 Å². The van der Waals surface area contributed by atoms with Crippen LogP contribution in [0.15, 0.2) is 41.2 Å². The molecule has 2 N–H and O–H groups in total. The number of hydrogen-bond acceptors (Lipinski definition) is 3. The second kappa shape index (κ2) is 6.31. The Hall–Kier alpha value is -1.29. The third-order valence-electron chi connectivity index (χ3n) is 4.73. The van der Waals surface area contributed by atoms with Crippen LogP contribution in [0.2, 0.25) is 5.02 Å². The van der Waals surface area contributed by atoms with E-state index < -0.39 is 6.10 Å². The van der Waals surface area contributed by atoms with Crippen LogP contribution in [0.25, 0.3) is 0 Å². The van der Waals surface area contributed by atoms with Crippen LogP contribution >= 0.6 is 11.6 Å². The highest BCUT2D eigenvalue weighted by atomic mass is 35.5. The van der Waals surface area contributed by atoms with Crippen molar-refractivity contribution in [2.45, 2.75) is 39.2 Å². The maximum Gasteiger partial charge on any atom is 0.116 e. The Kier molecular flexibility index (Phi) is 4.54. The number of aliphatic hydroxyl groups is 2. The van der Waals surface area contributed by atoms with E-state index in [9.17, 15) is 5.11 Å². The van der Waals surface area contributed by atoms with Gasteiger partial charge in [-0.3, -0.25) is 0 Å². The Morgan fingerprint density at radius 2 is 2.00 bits per heavy atom. The van der Waals surface area contributed by atoms with Gasteiger partial charge in [0.15, 0.2) is 0 Å². The van der Waals surface area contributed by atoms with Gasteiger partial charge in [-0.25, -0.2) is 0 Å². The van der Waals surface area contributed by atoms with Crippen molar-refractivity contribution in [3.8, 4) is 0 Å². The zero-order valence-corrected chi connectivity index (χ0v) is 14.4. The van der Waals surface area contributed by atoms with Crippen LogP contribution in [0.1, 0.15) is 31.4 Å². The molecular weight excluding hydrogens is 312 g/mol. The van der Waals surface area contributed by atoms with Gasteiger partial charge in [0, 0.05) is 16.9 Å². The summed E-state index contributed by atoms with van der Waals surface area (Å²) in [5, 5.41) is 19.2. The molecule has 2 aliphatic rings. The molecule has 0 radical (unpaired) electrons.